The lowest BCUT2D eigenvalue weighted by Gasteiger charge is -2.25. The van der Waals surface area contributed by atoms with E-state index in [-0.39, 0.29) is 11.8 Å². The summed E-state index contributed by atoms with van der Waals surface area (Å²) in [6.07, 6.45) is 0.913. The maximum atomic E-state index is 10.7. The van der Waals surface area contributed by atoms with Gasteiger partial charge in [0.15, 0.2) is 0 Å². The molecule has 0 bridgehead atoms. The number of fused-ring (bicyclic) bond motifs is 1. The first-order valence-corrected chi connectivity index (χ1v) is 5.37. The third-order valence-corrected chi connectivity index (χ3v) is 2.58. The summed E-state index contributed by atoms with van der Waals surface area (Å²) in [7, 11) is 0. The molecule has 0 aliphatic carbocycles. The van der Waals surface area contributed by atoms with Crippen molar-refractivity contribution in [3.05, 3.63) is 29.8 Å². The largest absolute Gasteiger partial charge is 0.493 e. The van der Waals surface area contributed by atoms with Gasteiger partial charge >= 0.3 is 0 Å². The van der Waals surface area contributed by atoms with E-state index < -0.39 is 0 Å². The van der Waals surface area contributed by atoms with Gasteiger partial charge < -0.3 is 4.74 Å². The van der Waals surface area contributed by atoms with Crippen molar-refractivity contribution in [2.75, 3.05) is 13.2 Å². The average Bonchev–Trinajstić information content (AvgIpc) is 2.29. The van der Waals surface area contributed by atoms with Gasteiger partial charge in [-0.1, -0.05) is 18.2 Å². The zero-order valence-electron chi connectivity index (χ0n) is 9.23. The monoisotopic (exact) mass is 221 g/mol. The van der Waals surface area contributed by atoms with Crippen molar-refractivity contribution in [3.63, 3.8) is 0 Å². The Labute approximate surface area is 94.5 Å². The van der Waals surface area contributed by atoms with Gasteiger partial charge in [-0.05, 0) is 18.1 Å². The van der Waals surface area contributed by atoms with Gasteiger partial charge in [-0.15, -0.1) is 0 Å². The fourth-order valence-electron chi connectivity index (χ4n) is 1.83. The topological polar surface area (TPSA) is 47.6 Å². The predicted molar refractivity (Wildman–Crippen MR) is 59.1 cm³/mol. The van der Waals surface area contributed by atoms with E-state index in [0.717, 1.165) is 17.7 Å². The lowest BCUT2D eigenvalue weighted by atomic mass is 9.94. The molecule has 4 nitrogen and oxygen atoms in total. The molecule has 1 aromatic carbocycles. The second kappa shape index (κ2) is 4.99. The second-order valence-corrected chi connectivity index (χ2v) is 3.84. The third kappa shape index (κ3) is 2.52. The van der Waals surface area contributed by atoms with E-state index in [9.17, 15) is 4.79 Å². The Hall–Kier alpha value is -1.55. The normalized spacial score (nSPS) is 18.4. The van der Waals surface area contributed by atoms with E-state index in [1.807, 2.05) is 24.3 Å². The molecule has 0 fully saturated rings. The number of carbonyl (C=O) groups is 1. The van der Waals surface area contributed by atoms with Gasteiger partial charge in [-0.2, -0.15) is 0 Å². The number of rotatable bonds is 3. The fraction of sp³-hybridized carbons (Fsp3) is 0.417. The van der Waals surface area contributed by atoms with Gasteiger partial charge in [0.2, 0.25) is 5.91 Å². The van der Waals surface area contributed by atoms with Crippen LogP contribution < -0.4 is 10.2 Å². The molecule has 1 aliphatic rings. The molecule has 4 heteroatoms. The van der Waals surface area contributed by atoms with Crippen molar-refractivity contribution in [2.24, 2.45) is 0 Å². The number of ether oxygens (including phenoxy) is 1. The third-order valence-electron chi connectivity index (χ3n) is 2.58. The molecule has 1 atom stereocenters. The highest BCUT2D eigenvalue weighted by molar-refractivity contribution is 5.71. The minimum Gasteiger partial charge on any atom is -0.493 e. The van der Waals surface area contributed by atoms with Gasteiger partial charge in [0.05, 0.1) is 13.2 Å². The van der Waals surface area contributed by atoms with E-state index in [2.05, 4.69) is 5.48 Å². The van der Waals surface area contributed by atoms with Gasteiger partial charge in [-0.25, -0.2) is 5.48 Å². The van der Waals surface area contributed by atoms with Crippen LogP contribution in [0.5, 0.6) is 5.75 Å². The molecular formula is C12H15NO3. The van der Waals surface area contributed by atoms with Crippen molar-refractivity contribution in [3.8, 4) is 5.75 Å². The highest BCUT2D eigenvalue weighted by Gasteiger charge is 2.21. The van der Waals surface area contributed by atoms with E-state index in [0.29, 0.717) is 13.2 Å². The maximum Gasteiger partial charge on any atom is 0.240 e. The van der Waals surface area contributed by atoms with Crippen molar-refractivity contribution < 1.29 is 14.4 Å². The number of hydrogen-bond donors (Lipinski definition) is 1. The quantitative estimate of drug-likeness (QED) is 0.789. The number of para-hydroxylation sites is 1. The van der Waals surface area contributed by atoms with Gasteiger partial charge in [0.1, 0.15) is 5.75 Å². The van der Waals surface area contributed by atoms with Crippen LogP contribution in [-0.2, 0) is 9.63 Å². The zero-order chi connectivity index (χ0) is 11.4. The first kappa shape index (κ1) is 11.0. The standard InChI is InChI=1S/C12H15NO3/c1-9(14)13-16-8-10-6-7-15-12-5-3-2-4-11(10)12/h2-5,10H,6-8H2,1H3,(H,13,14)/t10-/m0/s1. The molecule has 0 radical (unpaired) electrons. The molecule has 1 aliphatic heterocycles. The zero-order valence-corrected chi connectivity index (χ0v) is 9.23. The van der Waals surface area contributed by atoms with Gasteiger partial charge in [-0.3, -0.25) is 9.63 Å². The van der Waals surface area contributed by atoms with Gasteiger partial charge in [0.25, 0.3) is 0 Å². The minimum absolute atomic E-state index is 0.180. The van der Waals surface area contributed by atoms with E-state index in [1.165, 1.54) is 6.92 Å². The van der Waals surface area contributed by atoms with Crippen LogP contribution in [0.15, 0.2) is 24.3 Å². The molecule has 1 N–H and O–H groups in total. The number of benzene rings is 1. The smallest absolute Gasteiger partial charge is 0.240 e. The molecule has 0 saturated carbocycles. The van der Waals surface area contributed by atoms with Crippen LogP contribution in [0, 0.1) is 0 Å². The maximum absolute atomic E-state index is 10.7. The SMILES string of the molecule is CC(=O)NOC[C@@H]1CCOc2ccccc21. The van der Waals surface area contributed by atoms with Crippen LogP contribution in [0.1, 0.15) is 24.8 Å². The van der Waals surface area contributed by atoms with Crippen molar-refractivity contribution in [1.29, 1.82) is 0 Å². The van der Waals surface area contributed by atoms with Crippen molar-refractivity contribution in [1.82, 2.24) is 5.48 Å². The number of nitrogens with one attached hydrogen (secondary N) is 1. The van der Waals surface area contributed by atoms with Crippen LogP contribution in [-0.4, -0.2) is 19.1 Å². The molecule has 0 saturated heterocycles. The van der Waals surface area contributed by atoms with Crippen molar-refractivity contribution >= 4 is 5.91 Å². The summed E-state index contributed by atoms with van der Waals surface area (Å²) in [5, 5.41) is 0. The molecule has 2 rings (SSSR count). The Morgan fingerprint density at radius 1 is 1.56 bits per heavy atom. The molecule has 86 valence electrons. The summed E-state index contributed by atoms with van der Waals surface area (Å²) >= 11 is 0. The summed E-state index contributed by atoms with van der Waals surface area (Å²) in [5.74, 6) is 1.03. The van der Waals surface area contributed by atoms with Crippen molar-refractivity contribution in [2.45, 2.75) is 19.3 Å². The summed E-state index contributed by atoms with van der Waals surface area (Å²) in [6.45, 7) is 2.61. The van der Waals surface area contributed by atoms with Crippen LogP contribution >= 0.6 is 0 Å². The summed E-state index contributed by atoms with van der Waals surface area (Å²) in [5.41, 5.74) is 3.50. The molecule has 16 heavy (non-hydrogen) atoms. The lowest BCUT2D eigenvalue weighted by Crippen LogP contribution is -2.25. The van der Waals surface area contributed by atoms with Crippen LogP contribution in [0.2, 0.25) is 0 Å². The highest BCUT2D eigenvalue weighted by atomic mass is 16.6. The summed E-state index contributed by atoms with van der Waals surface area (Å²) < 4.78 is 5.54. The fourth-order valence-corrected chi connectivity index (χ4v) is 1.83. The number of amides is 1. The minimum atomic E-state index is -0.180. The number of carbonyl (C=O) groups excluding carboxylic acids is 1. The van der Waals surface area contributed by atoms with Gasteiger partial charge in [0, 0.05) is 12.8 Å². The first-order chi connectivity index (χ1) is 7.77. The van der Waals surface area contributed by atoms with Crippen LogP contribution in [0.25, 0.3) is 0 Å². The van der Waals surface area contributed by atoms with Crippen LogP contribution in [0.3, 0.4) is 0 Å². The molecule has 1 aromatic rings. The number of hydrogen-bond acceptors (Lipinski definition) is 3. The first-order valence-electron chi connectivity index (χ1n) is 5.37. The average molecular weight is 221 g/mol. The Morgan fingerprint density at radius 3 is 3.19 bits per heavy atom. The second-order valence-electron chi connectivity index (χ2n) is 3.84. The molecule has 0 spiro atoms. The Bertz CT molecular complexity index is 378. The van der Waals surface area contributed by atoms with E-state index >= 15 is 0 Å². The molecule has 0 unspecified atom stereocenters. The van der Waals surface area contributed by atoms with Crippen LogP contribution in [0.4, 0.5) is 0 Å². The number of hydroxylamine groups is 1. The predicted octanol–water partition coefficient (Wildman–Crippen LogP) is 1.62. The summed E-state index contributed by atoms with van der Waals surface area (Å²) in [6, 6.07) is 7.94. The van der Waals surface area contributed by atoms with E-state index in [1.54, 1.807) is 0 Å². The Morgan fingerprint density at radius 2 is 2.38 bits per heavy atom. The lowest BCUT2D eigenvalue weighted by molar-refractivity contribution is -0.131. The molecule has 0 aromatic heterocycles. The Balaban J connectivity index is 1.99. The molecule has 1 heterocycles. The van der Waals surface area contributed by atoms with E-state index in [4.69, 9.17) is 9.57 Å². The highest BCUT2D eigenvalue weighted by Crippen LogP contribution is 2.33. The Kier molecular flexibility index (Phi) is 3.41. The summed E-state index contributed by atoms with van der Waals surface area (Å²) in [4.78, 5) is 15.8. The molecule has 1 amide bonds. The molecular weight excluding hydrogens is 206 g/mol.